The standard InChI is InChI=1S/C9H6IN/c10-8-3-4-9-7(6-8)2-1-5-11-9/h1-6H/i5D. The average molecular weight is 256 g/mol. The van der Waals surface area contributed by atoms with Crippen LogP contribution in [-0.2, 0) is 0 Å². The highest BCUT2D eigenvalue weighted by Gasteiger charge is 1.91. The van der Waals surface area contributed by atoms with Gasteiger partial charge in [-0.2, -0.15) is 0 Å². The van der Waals surface area contributed by atoms with Crippen LogP contribution in [0.4, 0.5) is 0 Å². The number of aromatic nitrogens is 1. The molecular weight excluding hydrogens is 249 g/mol. The molecule has 0 atom stereocenters. The molecule has 0 bridgehead atoms. The molecule has 54 valence electrons. The second-order valence-electron chi connectivity index (χ2n) is 2.28. The van der Waals surface area contributed by atoms with Gasteiger partial charge in [0.25, 0.3) is 0 Å². The SMILES string of the molecule is [2H]c1ccc2cc(I)ccc2n1. The van der Waals surface area contributed by atoms with Crippen LogP contribution in [0.2, 0.25) is 0 Å². The Morgan fingerprint density at radius 3 is 3.18 bits per heavy atom. The maximum Gasteiger partial charge on any atom is 0.0840 e. The van der Waals surface area contributed by atoms with Crippen molar-refractivity contribution in [1.82, 2.24) is 4.98 Å². The Morgan fingerprint density at radius 2 is 2.27 bits per heavy atom. The van der Waals surface area contributed by atoms with Gasteiger partial charge in [-0.3, -0.25) is 4.98 Å². The molecule has 0 N–H and O–H groups in total. The summed E-state index contributed by atoms with van der Waals surface area (Å²) in [6.07, 6.45) is 0.323. The number of hydrogen-bond acceptors (Lipinski definition) is 1. The summed E-state index contributed by atoms with van der Waals surface area (Å²) in [6.45, 7) is 0. The van der Waals surface area contributed by atoms with E-state index in [1.165, 1.54) is 3.57 Å². The quantitative estimate of drug-likeness (QED) is 0.660. The van der Waals surface area contributed by atoms with E-state index >= 15 is 0 Å². The van der Waals surface area contributed by atoms with Gasteiger partial charge in [-0.05, 0) is 46.9 Å². The molecule has 11 heavy (non-hydrogen) atoms. The molecule has 2 rings (SSSR count). The molecule has 1 aromatic heterocycles. The molecular formula is C9H6IN. The summed E-state index contributed by atoms with van der Waals surface area (Å²) >= 11 is 2.26. The van der Waals surface area contributed by atoms with Gasteiger partial charge in [-0.25, -0.2) is 0 Å². The zero-order valence-corrected chi connectivity index (χ0v) is 7.87. The van der Waals surface area contributed by atoms with Gasteiger partial charge >= 0.3 is 0 Å². The lowest BCUT2D eigenvalue weighted by Crippen LogP contribution is -1.77. The summed E-state index contributed by atoms with van der Waals surface area (Å²) in [4.78, 5) is 4.08. The molecule has 0 saturated carbocycles. The number of nitrogens with zero attached hydrogens (tertiary/aromatic N) is 1. The molecule has 0 unspecified atom stereocenters. The van der Waals surface area contributed by atoms with Crippen molar-refractivity contribution >= 4 is 33.5 Å². The van der Waals surface area contributed by atoms with Crippen LogP contribution < -0.4 is 0 Å². The van der Waals surface area contributed by atoms with Crippen LogP contribution in [0.1, 0.15) is 1.37 Å². The maximum atomic E-state index is 7.32. The van der Waals surface area contributed by atoms with E-state index < -0.39 is 0 Å². The van der Waals surface area contributed by atoms with Gasteiger partial charge in [0, 0.05) is 15.1 Å². The fourth-order valence-corrected chi connectivity index (χ4v) is 1.51. The molecule has 0 amide bonds. The van der Waals surface area contributed by atoms with E-state index in [2.05, 4.69) is 33.6 Å². The van der Waals surface area contributed by atoms with Gasteiger partial charge in [-0.1, -0.05) is 6.07 Å². The first-order valence-corrected chi connectivity index (χ1v) is 4.36. The highest BCUT2D eigenvalue weighted by molar-refractivity contribution is 14.1. The molecule has 1 nitrogen and oxygen atoms in total. The third-order valence-electron chi connectivity index (χ3n) is 1.51. The van der Waals surface area contributed by atoms with Crippen LogP contribution in [0.25, 0.3) is 10.9 Å². The lowest BCUT2D eigenvalue weighted by molar-refractivity contribution is 1.41. The highest BCUT2D eigenvalue weighted by Crippen LogP contribution is 2.14. The van der Waals surface area contributed by atoms with Gasteiger partial charge in [0.15, 0.2) is 0 Å². The minimum atomic E-state index is 0.323. The Bertz CT molecular complexity index is 387. The molecule has 2 aromatic rings. The van der Waals surface area contributed by atoms with Gasteiger partial charge in [0.05, 0.1) is 6.89 Å². The second kappa shape index (κ2) is 2.77. The number of halogens is 1. The number of pyridine rings is 1. The molecule has 0 aliphatic heterocycles. The van der Waals surface area contributed by atoms with Crippen LogP contribution >= 0.6 is 22.6 Å². The fraction of sp³-hybridized carbons (Fsp3) is 0. The van der Waals surface area contributed by atoms with Crippen molar-refractivity contribution in [3.8, 4) is 0 Å². The van der Waals surface area contributed by atoms with Crippen molar-refractivity contribution in [3.05, 3.63) is 40.1 Å². The number of rotatable bonds is 0. The largest absolute Gasteiger partial charge is 0.256 e. The van der Waals surface area contributed by atoms with E-state index in [1.807, 2.05) is 18.2 Å². The van der Waals surface area contributed by atoms with Crippen molar-refractivity contribution in [2.24, 2.45) is 0 Å². The Kier molecular flexibility index (Phi) is 1.50. The fourth-order valence-electron chi connectivity index (χ4n) is 0.995. The Labute approximate surface area is 80.0 Å². The van der Waals surface area contributed by atoms with E-state index in [-0.39, 0.29) is 0 Å². The van der Waals surface area contributed by atoms with Crippen molar-refractivity contribution < 1.29 is 1.37 Å². The van der Waals surface area contributed by atoms with Gasteiger partial charge in [0.2, 0.25) is 0 Å². The lowest BCUT2D eigenvalue weighted by Gasteiger charge is -1.94. The van der Waals surface area contributed by atoms with E-state index in [4.69, 9.17) is 1.37 Å². The molecule has 1 aromatic carbocycles. The maximum absolute atomic E-state index is 7.32. The molecule has 0 aliphatic rings. The monoisotopic (exact) mass is 256 g/mol. The smallest absolute Gasteiger partial charge is 0.0840 e. The molecule has 0 radical (unpaired) electrons. The lowest BCUT2D eigenvalue weighted by atomic mass is 10.2. The number of hydrogen-bond donors (Lipinski definition) is 0. The minimum absolute atomic E-state index is 0.323. The predicted octanol–water partition coefficient (Wildman–Crippen LogP) is 2.84. The van der Waals surface area contributed by atoms with Crippen molar-refractivity contribution in [2.45, 2.75) is 0 Å². The van der Waals surface area contributed by atoms with E-state index in [0.29, 0.717) is 6.17 Å². The third-order valence-corrected chi connectivity index (χ3v) is 2.18. The van der Waals surface area contributed by atoms with Crippen LogP contribution in [0.5, 0.6) is 0 Å². The van der Waals surface area contributed by atoms with E-state index in [0.717, 1.165) is 10.9 Å². The summed E-state index contributed by atoms with van der Waals surface area (Å²) in [5.74, 6) is 0. The van der Waals surface area contributed by atoms with Gasteiger partial charge < -0.3 is 0 Å². The molecule has 0 saturated heterocycles. The Hall–Kier alpha value is -0.640. The summed E-state index contributed by atoms with van der Waals surface area (Å²) in [5, 5.41) is 1.10. The summed E-state index contributed by atoms with van der Waals surface area (Å²) < 4.78 is 8.51. The van der Waals surface area contributed by atoms with Crippen LogP contribution in [-0.4, -0.2) is 4.98 Å². The first-order chi connectivity index (χ1) is 5.75. The molecule has 2 heteroatoms. The predicted molar refractivity (Wildman–Crippen MR) is 54.5 cm³/mol. The number of benzene rings is 1. The minimum Gasteiger partial charge on any atom is -0.256 e. The van der Waals surface area contributed by atoms with Crippen molar-refractivity contribution in [3.63, 3.8) is 0 Å². The molecule has 0 aliphatic carbocycles. The summed E-state index contributed by atoms with van der Waals surface area (Å²) in [6, 6.07) is 9.62. The normalized spacial score (nSPS) is 11.5. The Balaban J connectivity index is 2.79. The first kappa shape index (κ1) is 5.94. The van der Waals surface area contributed by atoms with Crippen molar-refractivity contribution in [2.75, 3.05) is 0 Å². The highest BCUT2D eigenvalue weighted by atomic mass is 127. The third kappa shape index (κ3) is 1.35. The van der Waals surface area contributed by atoms with Crippen LogP contribution in [0, 0.1) is 3.57 Å². The zero-order chi connectivity index (χ0) is 8.55. The summed E-state index contributed by atoms with van der Waals surface area (Å²) in [7, 11) is 0. The summed E-state index contributed by atoms with van der Waals surface area (Å²) in [5.41, 5.74) is 0.892. The van der Waals surface area contributed by atoms with Gasteiger partial charge in [0.1, 0.15) is 0 Å². The van der Waals surface area contributed by atoms with Crippen LogP contribution in [0.3, 0.4) is 0 Å². The van der Waals surface area contributed by atoms with E-state index in [1.54, 1.807) is 6.07 Å². The molecule has 1 heterocycles. The van der Waals surface area contributed by atoms with Crippen molar-refractivity contribution in [1.29, 1.82) is 0 Å². The molecule has 0 spiro atoms. The number of fused-ring (bicyclic) bond motifs is 1. The molecule has 0 fully saturated rings. The van der Waals surface area contributed by atoms with E-state index in [9.17, 15) is 0 Å². The van der Waals surface area contributed by atoms with Gasteiger partial charge in [-0.15, -0.1) is 0 Å². The Morgan fingerprint density at radius 1 is 1.36 bits per heavy atom. The van der Waals surface area contributed by atoms with Crippen LogP contribution in [0.15, 0.2) is 36.5 Å². The first-order valence-electron chi connectivity index (χ1n) is 3.78. The zero-order valence-electron chi connectivity index (χ0n) is 6.71. The second-order valence-corrected chi connectivity index (χ2v) is 3.52. The topological polar surface area (TPSA) is 12.9 Å². The average Bonchev–Trinajstić information content (AvgIpc) is 2.05.